The van der Waals surface area contributed by atoms with Gasteiger partial charge in [0.1, 0.15) is 5.82 Å². The maximum atomic E-state index is 13.1. The maximum Gasteiger partial charge on any atom is 0.321 e. The molecule has 2 N–H and O–H groups in total. The zero-order valence-corrected chi connectivity index (χ0v) is 11.5. The van der Waals surface area contributed by atoms with Gasteiger partial charge in [0.15, 0.2) is 0 Å². The average molecular weight is 292 g/mol. The molecule has 0 bridgehead atoms. The Bertz CT molecular complexity index is 592. The third-order valence-electron chi connectivity index (χ3n) is 4.66. The zero-order chi connectivity index (χ0) is 15.0. The number of anilines is 1. The van der Waals surface area contributed by atoms with Crippen molar-refractivity contribution < 1.29 is 19.1 Å². The number of rotatable bonds is 2. The smallest absolute Gasteiger partial charge is 0.321 e. The topological polar surface area (TPSA) is 69.6 Å². The molecule has 2 fully saturated rings. The van der Waals surface area contributed by atoms with Crippen molar-refractivity contribution in [3.05, 3.63) is 30.1 Å². The Hall–Kier alpha value is -2.11. The predicted octanol–water partition coefficient (Wildman–Crippen LogP) is 2.54. The Morgan fingerprint density at radius 3 is 2.90 bits per heavy atom. The molecule has 0 unspecified atom stereocenters. The van der Waals surface area contributed by atoms with Crippen LogP contribution in [0.25, 0.3) is 0 Å². The standard InChI is InChI=1S/C15H17FN2O3/c16-11-4-1-5-12(7-11)17-14(21)18-8-10-3-2-6-15(10,9-18)13(19)20/h1,4-5,7,10H,2-3,6,8-9H2,(H,17,21)(H,19,20)/t10-,15+/m0/s1. The number of benzene rings is 1. The van der Waals surface area contributed by atoms with Gasteiger partial charge >= 0.3 is 12.0 Å². The number of urea groups is 1. The molecule has 2 atom stereocenters. The number of hydrogen-bond donors (Lipinski definition) is 2. The van der Waals surface area contributed by atoms with Crippen molar-refractivity contribution in [3.63, 3.8) is 0 Å². The number of amides is 2. The minimum atomic E-state index is -0.814. The second kappa shape index (κ2) is 5.02. The molecule has 2 aliphatic rings. The first-order chi connectivity index (χ1) is 10.0. The fourth-order valence-electron chi connectivity index (χ4n) is 3.56. The molecule has 1 aromatic carbocycles. The fraction of sp³-hybridized carbons (Fsp3) is 0.467. The molecule has 6 heteroatoms. The SMILES string of the molecule is O=C(Nc1cccc(F)c1)N1C[C@@H]2CCC[C@@]2(C(=O)O)C1. The largest absolute Gasteiger partial charge is 0.481 e. The van der Waals surface area contributed by atoms with Gasteiger partial charge in [-0.05, 0) is 37.0 Å². The van der Waals surface area contributed by atoms with Gasteiger partial charge in [-0.3, -0.25) is 4.79 Å². The summed E-state index contributed by atoms with van der Waals surface area (Å²) in [6, 6.07) is 5.29. The highest BCUT2D eigenvalue weighted by Crippen LogP contribution is 2.48. The van der Waals surface area contributed by atoms with E-state index in [-0.39, 0.29) is 18.5 Å². The van der Waals surface area contributed by atoms with E-state index in [2.05, 4.69) is 5.32 Å². The van der Waals surface area contributed by atoms with Crippen LogP contribution >= 0.6 is 0 Å². The molecule has 0 aromatic heterocycles. The van der Waals surface area contributed by atoms with E-state index in [1.54, 1.807) is 6.07 Å². The number of hydrogen-bond acceptors (Lipinski definition) is 2. The van der Waals surface area contributed by atoms with E-state index < -0.39 is 17.2 Å². The monoisotopic (exact) mass is 292 g/mol. The predicted molar refractivity (Wildman–Crippen MR) is 74.4 cm³/mol. The number of aliphatic carboxylic acids is 1. The maximum absolute atomic E-state index is 13.1. The van der Waals surface area contributed by atoms with Gasteiger partial charge < -0.3 is 15.3 Å². The van der Waals surface area contributed by atoms with Gasteiger partial charge in [-0.2, -0.15) is 0 Å². The lowest BCUT2D eigenvalue weighted by atomic mass is 9.81. The van der Waals surface area contributed by atoms with Crippen molar-refractivity contribution in [1.82, 2.24) is 4.90 Å². The molecular weight excluding hydrogens is 275 g/mol. The number of nitrogens with zero attached hydrogens (tertiary/aromatic N) is 1. The molecule has 112 valence electrons. The van der Waals surface area contributed by atoms with Gasteiger partial charge in [0.25, 0.3) is 0 Å². The second-order valence-corrected chi connectivity index (χ2v) is 5.87. The molecule has 21 heavy (non-hydrogen) atoms. The quantitative estimate of drug-likeness (QED) is 0.880. The third kappa shape index (κ3) is 2.34. The van der Waals surface area contributed by atoms with E-state index in [1.807, 2.05) is 0 Å². The summed E-state index contributed by atoms with van der Waals surface area (Å²) in [5, 5.41) is 12.1. The average Bonchev–Trinajstić information content (AvgIpc) is 2.95. The lowest BCUT2D eigenvalue weighted by molar-refractivity contribution is -0.149. The summed E-state index contributed by atoms with van der Waals surface area (Å²) >= 11 is 0. The molecule has 0 radical (unpaired) electrons. The molecule has 1 aliphatic heterocycles. The highest BCUT2D eigenvalue weighted by molar-refractivity contribution is 5.90. The molecular formula is C15H17FN2O3. The summed E-state index contributed by atoms with van der Waals surface area (Å²) in [6.45, 7) is 0.682. The number of carboxylic acids is 1. The number of halogens is 1. The van der Waals surface area contributed by atoms with E-state index in [9.17, 15) is 19.1 Å². The van der Waals surface area contributed by atoms with Crippen LogP contribution in [0.3, 0.4) is 0 Å². The molecule has 5 nitrogen and oxygen atoms in total. The summed E-state index contributed by atoms with van der Waals surface area (Å²) in [5.41, 5.74) is -0.416. The van der Waals surface area contributed by atoms with Crippen LogP contribution < -0.4 is 5.32 Å². The first kappa shape index (κ1) is 13.9. The van der Waals surface area contributed by atoms with Gasteiger partial charge in [-0.15, -0.1) is 0 Å². The van der Waals surface area contributed by atoms with Crippen molar-refractivity contribution in [2.75, 3.05) is 18.4 Å². The van der Waals surface area contributed by atoms with Gasteiger partial charge in [0.05, 0.1) is 5.41 Å². The Labute approximate surface area is 121 Å². The van der Waals surface area contributed by atoms with E-state index in [1.165, 1.54) is 23.1 Å². The molecule has 1 saturated carbocycles. The number of carboxylic acid groups (broad SMARTS) is 1. The first-order valence-electron chi connectivity index (χ1n) is 7.06. The third-order valence-corrected chi connectivity index (χ3v) is 4.66. The van der Waals surface area contributed by atoms with Crippen molar-refractivity contribution in [3.8, 4) is 0 Å². The van der Waals surface area contributed by atoms with Crippen LogP contribution in [0.1, 0.15) is 19.3 Å². The Morgan fingerprint density at radius 2 is 2.24 bits per heavy atom. The van der Waals surface area contributed by atoms with E-state index >= 15 is 0 Å². The number of fused-ring (bicyclic) bond motifs is 1. The molecule has 1 heterocycles. The van der Waals surface area contributed by atoms with Crippen molar-refractivity contribution in [2.45, 2.75) is 19.3 Å². The summed E-state index contributed by atoms with van der Waals surface area (Å²) in [4.78, 5) is 25.3. The number of carbonyl (C=O) groups excluding carboxylic acids is 1. The van der Waals surface area contributed by atoms with Crippen LogP contribution in [0.4, 0.5) is 14.9 Å². The summed E-state index contributed by atoms with van der Waals surface area (Å²) in [6.07, 6.45) is 2.36. The first-order valence-corrected chi connectivity index (χ1v) is 7.06. The van der Waals surface area contributed by atoms with Crippen LogP contribution in [0.5, 0.6) is 0 Å². The fourth-order valence-corrected chi connectivity index (χ4v) is 3.56. The van der Waals surface area contributed by atoms with Crippen LogP contribution in [-0.4, -0.2) is 35.1 Å². The van der Waals surface area contributed by atoms with Crippen molar-refractivity contribution >= 4 is 17.7 Å². The zero-order valence-electron chi connectivity index (χ0n) is 11.5. The normalized spacial score (nSPS) is 27.5. The van der Waals surface area contributed by atoms with Gasteiger partial charge in [0, 0.05) is 18.8 Å². The molecule has 1 aromatic rings. The molecule has 2 amide bonds. The molecule has 3 rings (SSSR count). The minimum Gasteiger partial charge on any atom is -0.481 e. The second-order valence-electron chi connectivity index (χ2n) is 5.87. The van der Waals surface area contributed by atoms with Crippen LogP contribution in [-0.2, 0) is 4.79 Å². The van der Waals surface area contributed by atoms with Crippen LogP contribution in [0.15, 0.2) is 24.3 Å². The molecule has 0 spiro atoms. The summed E-state index contributed by atoms with van der Waals surface area (Å²) < 4.78 is 13.1. The minimum absolute atomic E-state index is 0.0215. The summed E-state index contributed by atoms with van der Waals surface area (Å²) in [7, 11) is 0. The number of likely N-dealkylation sites (tertiary alicyclic amines) is 1. The van der Waals surface area contributed by atoms with E-state index in [0.717, 1.165) is 12.8 Å². The Kier molecular flexibility index (Phi) is 3.31. The molecule has 1 aliphatic carbocycles. The lowest BCUT2D eigenvalue weighted by Crippen LogP contribution is -2.38. The highest BCUT2D eigenvalue weighted by atomic mass is 19.1. The van der Waals surface area contributed by atoms with Gasteiger partial charge in [-0.25, -0.2) is 9.18 Å². The van der Waals surface area contributed by atoms with E-state index in [0.29, 0.717) is 18.7 Å². The van der Waals surface area contributed by atoms with Crippen LogP contribution in [0, 0.1) is 17.2 Å². The summed E-state index contributed by atoms with van der Waals surface area (Å²) in [5.74, 6) is -1.22. The van der Waals surface area contributed by atoms with E-state index in [4.69, 9.17) is 0 Å². The number of carbonyl (C=O) groups is 2. The number of nitrogens with one attached hydrogen (secondary N) is 1. The van der Waals surface area contributed by atoms with Crippen molar-refractivity contribution in [1.29, 1.82) is 0 Å². The lowest BCUT2D eigenvalue weighted by Gasteiger charge is -2.23. The highest BCUT2D eigenvalue weighted by Gasteiger charge is 2.55. The Balaban J connectivity index is 1.71. The van der Waals surface area contributed by atoms with Gasteiger partial charge in [-0.1, -0.05) is 12.5 Å². The van der Waals surface area contributed by atoms with Crippen LogP contribution in [0.2, 0.25) is 0 Å². The van der Waals surface area contributed by atoms with Gasteiger partial charge in [0.2, 0.25) is 0 Å². The van der Waals surface area contributed by atoms with Crippen molar-refractivity contribution in [2.24, 2.45) is 11.3 Å². The molecule has 1 saturated heterocycles. The Morgan fingerprint density at radius 1 is 1.43 bits per heavy atom.